The molecule has 1 aliphatic rings. The zero-order valence-corrected chi connectivity index (χ0v) is 18.8. The highest BCUT2D eigenvalue weighted by atomic mass is 16.5. The topological polar surface area (TPSA) is 61.8 Å². The number of fused-ring (bicyclic) bond motifs is 1. The number of hydrogen-bond donors (Lipinski definition) is 0. The summed E-state index contributed by atoms with van der Waals surface area (Å²) in [6.07, 6.45) is 1.40. The molecule has 3 aromatic carbocycles. The first kappa shape index (κ1) is 22.3. The fourth-order valence-electron chi connectivity index (χ4n) is 3.80. The van der Waals surface area contributed by atoms with E-state index in [1.54, 1.807) is 49.6 Å². The zero-order valence-electron chi connectivity index (χ0n) is 18.8. The molecule has 0 radical (unpaired) electrons. The van der Waals surface area contributed by atoms with Gasteiger partial charge in [-0.2, -0.15) is 0 Å². The Morgan fingerprint density at radius 1 is 1.09 bits per heavy atom. The Balaban J connectivity index is 1.50. The van der Waals surface area contributed by atoms with Gasteiger partial charge in [-0.05, 0) is 61.2 Å². The summed E-state index contributed by atoms with van der Waals surface area (Å²) in [5.41, 5.74) is 3.95. The van der Waals surface area contributed by atoms with Gasteiger partial charge < -0.3 is 14.2 Å². The van der Waals surface area contributed by atoms with Crippen molar-refractivity contribution in [2.45, 2.75) is 32.3 Å². The lowest BCUT2D eigenvalue weighted by molar-refractivity contribution is 0.0734. The Morgan fingerprint density at radius 3 is 2.48 bits per heavy atom. The van der Waals surface area contributed by atoms with Crippen molar-refractivity contribution >= 4 is 11.8 Å². The van der Waals surface area contributed by atoms with Crippen LogP contribution in [0.15, 0.2) is 78.9 Å². The Kier molecular flexibility index (Phi) is 6.59. The largest absolute Gasteiger partial charge is 0.496 e. The molecule has 0 spiro atoms. The van der Waals surface area contributed by atoms with E-state index in [4.69, 9.17) is 14.2 Å². The summed E-state index contributed by atoms with van der Waals surface area (Å²) in [5, 5.41) is 0. The lowest BCUT2D eigenvalue weighted by atomic mass is 9.93. The molecule has 5 nitrogen and oxygen atoms in total. The Labute approximate surface area is 193 Å². The van der Waals surface area contributed by atoms with E-state index in [9.17, 15) is 9.59 Å². The Morgan fingerprint density at radius 2 is 1.82 bits per heavy atom. The fraction of sp³-hybridized carbons (Fsp3) is 0.214. The van der Waals surface area contributed by atoms with Crippen LogP contribution in [0.4, 0.5) is 0 Å². The number of Topliss-reactive ketones (excluding diaryl/α,β-unsaturated/α-hetero) is 1. The smallest absolute Gasteiger partial charge is 0.343 e. The van der Waals surface area contributed by atoms with Crippen LogP contribution in [-0.2, 0) is 6.42 Å². The van der Waals surface area contributed by atoms with Crippen LogP contribution < -0.4 is 14.2 Å². The van der Waals surface area contributed by atoms with Crippen LogP contribution in [0.2, 0.25) is 0 Å². The van der Waals surface area contributed by atoms with Gasteiger partial charge in [-0.3, -0.25) is 4.79 Å². The van der Waals surface area contributed by atoms with Gasteiger partial charge in [0.1, 0.15) is 23.4 Å². The molecule has 4 rings (SSSR count). The first-order chi connectivity index (χ1) is 15.9. The second-order valence-corrected chi connectivity index (χ2v) is 8.18. The lowest BCUT2D eigenvalue weighted by Gasteiger charge is -2.27. The highest BCUT2D eigenvalue weighted by Gasteiger charge is 2.29. The van der Waals surface area contributed by atoms with Gasteiger partial charge >= 0.3 is 5.97 Å². The number of aryl methyl sites for hydroxylation is 1. The van der Waals surface area contributed by atoms with Crippen molar-refractivity contribution in [3.63, 3.8) is 0 Å². The van der Waals surface area contributed by atoms with Crippen molar-refractivity contribution in [3.8, 4) is 17.2 Å². The molecule has 0 N–H and O–H groups in total. The highest BCUT2D eigenvalue weighted by molar-refractivity contribution is 6.00. The van der Waals surface area contributed by atoms with Gasteiger partial charge in [0, 0.05) is 6.07 Å². The van der Waals surface area contributed by atoms with E-state index in [0.29, 0.717) is 28.4 Å². The molecule has 1 unspecified atom stereocenters. The molecule has 3 aromatic rings. The molecular weight excluding hydrogens is 416 g/mol. The molecule has 0 aromatic heterocycles. The minimum absolute atomic E-state index is 0.0278. The van der Waals surface area contributed by atoms with E-state index in [0.717, 1.165) is 29.5 Å². The van der Waals surface area contributed by atoms with Gasteiger partial charge in [0.25, 0.3) is 0 Å². The van der Waals surface area contributed by atoms with Crippen LogP contribution in [-0.4, -0.2) is 18.9 Å². The van der Waals surface area contributed by atoms with Crippen molar-refractivity contribution in [2.75, 3.05) is 7.11 Å². The monoisotopic (exact) mass is 442 g/mol. The highest BCUT2D eigenvalue weighted by Crippen LogP contribution is 2.39. The van der Waals surface area contributed by atoms with Crippen LogP contribution in [0.1, 0.15) is 57.7 Å². The summed E-state index contributed by atoms with van der Waals surface area (Å²) in [6, 6.07) is 19.5. The number of allylic oxidation sites excluding steroid dienone is 1. The molecule has 1 heterocycles. The Bertz CT molecular complexity index is 1180. The van der Waals surface area contributed by atoms with Crippen molar-refractivity contribution in [2.24, 2.45) is 0 Å². The quantitative estimate of drug-likeness (QED) is 0.250. The molecule has 0 aliphatic carbocycles. The van der Waals surface area contributed by atoms with E-state index in [1.165, 1.54) is 0 Å². The molecular formula is C28H26O5. The number of benzene rings is 3. The molecule has 33 heavy (non-hydrogen) atoms. The third kappa shape index (κ3) is 5.14. The number of carbonyl (C=O) groups excluding carboxylic acids is 2. The van der Waals surface area contributed by atoms with Gasteiger partial charge in [-0.1, -0.05) is 35.9 Å². The summed E-state index contributed by atoms with van der Waals surface area (Å²) < 4.78 is 17.1. The predicted octanol–water partition coefficient (Wildman–Crippen LogP) is 6.13. The van der Waals surface area contributed by atoms with Crippen LogP contribution >= 0.6 is 0 Å². The molecule has 5 heteroatoms. The van der Waals surface area contributed by atoms with Crippen LogP contribution in [0.3, 0.4) is 0 Å². The minimum Gasteiger partial charge on any atom is -0.496 e. The number of ketones is 1. The summed E-state index contributed by atoms with van der Waals surface area (Å²) >= 11 is 0. The van der Waals surface area contributed by atoms with Gasteiger partial charge in [-0.25, -0.2) is 4.79 Å². The SMILES string of the molecule is C=C(C)CCc1cc2c(cc1OC)OC(c1ccc(OC(=O)c3ccccc3)cc1)CC2=O. The summed E-state index contributed by atoms with van der Waals surface area (Å²) in [4.78, 5) is 25.2. The molecule has 1 atom stereocenters. The first-order valence-corrected chi connectivity index (χ1v) is 10.9. The number of hydrogen-bond acceptors (Lipinski definition) is 5. The first-order valence-electron chi connectivity index (χ1n) is 10.9. The fourth-order valence-corrected chi connectivity index (χ4v) is 3.80. The van der Waals surface area contributed by atoms with Crippen molar-refractivity contribution in [3.05, 3.63) is 101 Å². The van der Waals surface area contributed by atoms with Gasteiger partial charge in [0.15, 0.2) is 5.78 Å². The Hall–Kier alpha value is -3.86. The van der Waals surface area contributed by atoms with Crippen molar-refractivity contribution < 1.29 is 23.8 Å². The summed E-state index contributed by atoms with van der Waals surface area (Å²) in [5.74, 6) is 1.26. The molecule has 168 valence electrons. The number of rotatable bonds is 7. The van der Waals surface area contributed by atoms with E-state index in [-0.39, 0.29) is 12.2 Å². The lowest BCUT2D eigenvalue weighted by Crippen LogP contribution is -2.21. The minimum atomic E-state index is -0.421. The van der Waals surface area contributed by atoms with Gasteiger partial charge in [-0.15, -0.1) is 6.58 Å². The standard InChI is InChI=1S/C28H26O5/c1-18(2)9-10-21-15-23-24(29)16-26(33-27(23)17-25(21)31-3)19-11-13-22(14-12-19)32-28(30)20-7-5-4-6-8-20/h4-8,11-15,17,26H,1,9-10,16H2,2-3H3. The molecule has 1 aliphatic heterocycles. The maximum atomic E-state index is 12.9. The number of carbonyl (C=O) groups is 2. The van der Waals surface area contributed by atoms with Gasteiger partial charge in [0.2, 0.25) is 0 Å². The third-order valence-electron chi connectivity index (χ3n) is 5.62. The summed E-state index contributed by atoms with van der Waals surface area (Å²) in [7, 11) is 1.61. The molecule has 0 saturated heterocycles. The number of esters is 1. The van der Waals surface area contributed by atoms with Crippen LogP contribution in [0.5, 0.6) is 17.2 Å². The van der Waals surface area contributed by atoms with Crippen molar-refractivity contribution in [1.29, 1.82) is 0 Å². The molecule has 0 bridgehead atoms. The van der Waals surface area contributed by atoms with Crippen LogP contribution in [0, 0.1) is 0 Å². The van der Waals surface area contributed by atoms with Crippen molar-refractivity contribution in [1.82, 2.24) is 0 Å². The van der Waals surface area contributed by atoms with E-state index in [2.05, 4.69) is 6.58 Å². The molecule has 0 fully saturated rings. The zero-order chi connectivity index (χ0) is 23.4. The van der Waals surface area contributed by atoms with E-state index < -0.39 is 12.1 Å². The van der Waals surface area contributed by atoms with E-state index >= 15 is 0 Å². The normalized spacial score (nSPS) is 14.7. The maximum Gasteiger partial charge on any atom is 0.343 e. The number of ether oxygens (including phenoxy) is 3. The number of methoxy groups -OCH3 is 1. The molecule has 0 saturated carbocycles. The van der Waals surface area contributed by atoms with E-state index in [1.807, 2.05) is 31.2 Å². The second-order valence-electron chi connectivity index (χ2n) is 8.18. The molecule has 0 amide bonds. The maximum absolute atomic E-state index is 12.9. The summed E-state index contributed by atoms with van der Waals surface area (Å²) in [6.45, 7) is 5.93. The average Bonchev–Trinajstić information content (AvgIpc) is 2.83. The second kappa shape index (κ2) is 9.74. The van der Waals surface area contributed by atoms with Crippen LogP contribution in [0.25, 0.3) is 0 Å². The predicted molar refractivity (Wildman–Crippen MR) is 126 cm³/mol. The average molecular weight is 443 g/mol. The van der Waals surface area contributed by atoms with Gasteiger partial charge in [0.05, 0.1) is 24.7 Å². The third-order valence-corrected chi connectivity index (χ3v) is 5.62.